The first-order chi connectivity index (χ1) is 6.16. The molecule has 4 N–H and O–H groups in total. The Morgan fingerprint density at radius 1 is 1.62 bits per heavy atom. The number of hydrogen-bond acceptors (Lipinski definition) is 3. The van der Waals surface area contributed by atoms with Crippen LogP contribution in [0, 0.1) is 0 Å². The number of hydrogen-bond donors (Lipinski definition) is 3. The van der Waals surface area contributed by atoms with E-state index >= 15 is 0 Å². The number of oxime groups is 1. The summed E-state index contributed by atoms with van der Waals surface area (Å²) in [5.74, 6) is 0.320. The van der Waals surface area contributed by atoms with Gasteiger partial charge in [0.05, 0.1) is 0 Å². The van der Waals surface area contributed by atoms with Crippen LogP contribution in [0.2, 0.25) is 0 Å². The zero-order valence-electron chi connectivity index (χ0n) is 8.21. The van der Waals surface area contributed by atoms with Crippen molar-refractivity contribution in [2.24, 2.45) is 10.9 Å². The van der Waals surface area contributed by atoms with Crippen molar-refractivity contribution in [2.45, 2.75) is 44.6 Å². The van der Waals surface area contributed by atoms with Gasteiger partial charge >= 0.3 is 0 Å². The fourth-order valence-corrected chi connectivity index (χ4v) is 1.59. The van der Waals surface area contributed by atoms with E-state index in [1.165, 1.54) is 19.3 Å². The second kappa shape index (κ2) is 4.46. The van der Waals surface area contributed by atoms with Gasteiger partial charge in [-0.25, -0.2) is 0 Å². The van der Waals surface area contributed by atoms with Gasteiger partial charge in [0, 0.05) is 12.0 Å². The third-order valence-corrected chi connectivity index (χ3v) is 2.75. The molecule has 0 atom stereocenters. The predicted octanol–water partition coefficient (Wildman–Crippen LogP) is 1.05. The summed E-state index contributed by atoms with van der Waals surface area (Å²) in [6.45, 7) is 3.20. The summed E-state index contributed by atoms with van der Waals surface area (Å²) >= 11 is 0. The lowest BCUT2D eigenvalue weighted by Crippen LogP contribution is -2.48. The number of nitrogens with two attached hydrogens (primary N) is 1. The van der Waals surface area contributed by atoms with Crippen LogP contribution in [-0.4, -0.2) is 23.1 Å². The molecule has 0 unspecified atom stereocenters. The number of nitrogens with one attached hydrogen (secondary N) is 1. The van der Waals surface area contributed by atoms with Gasteiger partial charge < -0.3 is 16.3 Å². The Kier molecular flexibility index (Phi) is 3.54. The number of nitrogens with zero attached hydrogens (tertiary/aromatic N) is 1. The molecular formula is C9H19N3O. The molecule has 0 aromatic carbocycles. The molecule has 0 heterocycles. The summed E-state index contributed by atoms with van der Waals surface area (Å²) < 4.78 is 0. The van der Waals surface area contributed by atoms with Gasteiger partial charge in [-0.2, -0.15) is 0 Å². The summed E-state index contributed by atoms with van der Waals surface area (Å²) in [5, 5.41) is 14.7. The van der Waals surface area contributed by atoms with Crippen molar-refractivity contribution in [3.63, 3.8) is 0 Å². The first-order valence-corrected chi connectivity index (χ1v) is 4.88. The van der Waals surface area contributed by atoms with Crippen LogP contribution < -0.4 is 11.1 Å². The Labute approximate surface area is 79.2 Å². The number of rotatable bonds is 5. The Bertz CT molecular complexity index is 187. The van der Waals surface area contributed by atoms with Gasteiger partial charge in [-0.1, -0.05) is 5.16 Å². The first-order valence-electron chi connectivity index (χ1n) is 4.88. The SMILES string of the molecule is CC1(NCCCC(N)=NO)CCC1. The maximum atomic E-state index is 8.29. The normalized spacial score (nSPS) is 21.2. The van der Waals surface area contributed by atoms with E-state index in [1.807, 2.05) is 0 Å². The first kappa shape index (κ1) is 10.3. The second-order valence-electron chi connectivity index (χ2n) is 4.04. The third-order valence-electron chi connectivity index (χ3n) is 2.75. The van der Waals surface area contributed by atoms with E-state index in [0.29, 0.717) is 17.8 Å². The van der Waals surface area contributed by atoms with Crippen LogP contribution in [0.4, 0.5) is 0 Å². The molecule has 0 spiro atoms. The molecule has 4 heteroatoms. The molecular weight excluding hydrogens is 166 g/mol. The molecule has 13 heavy (non-hydrogen) atoms. The molecule has 76 valence electrons. The van der Waals surface area contributed by atoms with Crippen LogP contribution in [0.3, 0.4) is 0 Å². The zero-order valence-corrected chi connectivity index (χ0v) is 8.21. The molecule has 1 rings (SSSR count). The Morgan fingerprint density at radius 2 is 2.31 bits per heavy atom. The second-order valence-corrected chi connectivity index (χ2v) is 4.04. The van der Waals surface area contributed by atoms with Crippen LogP contribution in [0.1, 0.15) is 39.0 Å². The Balaban J connectivity index is 2.01. The molecule has 4 nitrogen and oxygen atoms in total. The minimum atomic E-state index is 0.320. The maximum Gasteiger partial charge on any atom is 0.139 e. The van der Waals surface area contributed by atoms with Crippen LogP contribution in [-0.2, 0) is 0 Å². The fraction of sp³-hybridized carbons (Fsp3) is 0.889. The molecule has 0 aliphatic heterocycles. The standard InChI is InChI=1S/C9H19N3O/c1-9(5-3-6-9)11-7-2-4-8(10)12-13/h11,13H,2-7H2,1H3,(H2,10,12). The van der Waals surface area contributed by atoms with Crippen molar-refractivity contribution in [3.05, 3.63) is 0 Å². The van der Waals surface area contributed by atoms with Gasteiger partial charge in [0.2, 0.25) is 0 Å². The van der Waals surface area contributed by atoms with Crippen LogP contribution in [0.5, 0.6) is 0 Å². The summed E-state index contributed by atoms with van der Waals surface area (Å²) in [5.41, 5.74) is 5.71. The van der Waals surface area contributed by atoms with Crippen molar-refractivity contribution in [2.75, 3.05) is 6.54 Å². The van der Waals surface area contributed by atoms with Gasteiger partial charge in [0.1, 0.15) is 5.84 Å². The van der Waals surface area contributed by atoms with Gasteiger partial charge in [-0.3, -0.25) is 0 Å². The maximum absolute atomic E-state index is 8.29. The molecule has 0 radical (unpaired) electrons. The molecule has 0 bridgehead atoms. The average Bonchev–Trinajstić information content (AvgIpc) is 2.09. The highest BCUT2D eigenvalue weighted by Crippen LogP contribution is 2.30. The smallest absolute Gasteiger partial charge is 0.139 e. The lowest BCUT2D eigenvalue weighted by molar-refractivity contribution is 0.209. The summed E-state index contributed by atoms with van der Waals surface area (Å²) in [6.07, 6.45) is 5.49. The van der Waals surface area contributed by atoms with Crippen LogP contribution in [0.25, 0.3) is 0 Å². The monoisotopic (exact) mass is 185 g/mol. The molecule has 1 aliphatic carbocycles. The highest BCUT2D eigenvalue weighted by molar-refractivity contribution is 5.79. The third kappa shape index (κ3) is 3.22. The average molecular weight is 185 g/mol. The van der Waals surface area contributed by atoms with E-state index in [4.69, 9.17) is 10.9 Å². The van der Waals surface area contributed by atoms with E-state index in [1.54, 1.807) is 0 Å². The van der Waals surface area contributed by atoms with Crippen molar-refractivity contribution < 1.29 is 5.21 Å². The molecule has 1 saturated carbocycles. The summed E-state index contributed by atoms with van der Waals surface area (Å²) in [4.78, 5) is 0. The zero-order chi connectivity index (χ0) is 9.73. The molecule has 1 aliphatic rings. The van der Waals surface area contributed by atoms with E-state index in [9.17, 15) is 0 Å². The molecule has 0 amide bonds. The lowest BCUT2D eigenvalue weighted by atomic mass is 9.78. The Morgan fingerprint density at radius 3 is 2.77 bits per heavy atom. The number of amidine groups is 1. The van der Waals surface area contributed by atoms with Crippen molar-refractivity contribution in [1.82, 2.24) is 5.32 Å². The van der Waals surface area contributed by atoms with Gasteiger partial charge in [-0.05, 0) is 39.2 Å². The van der Waals surface area contributed by atoms with Crippen LogP contribution in [0.15, 0.2) is 5.16 Å². The van der Waals surface area contributed by atoms with Crippen molar-refractivity contribution >= 4 is 5.84 Å². The van der Waals surface area contributed by atoms with E-state index < -0.39 is 0 Å². The molecule has 0 aromatic heterocycles. The molecule has 0 saturated heterocycles. The van der Waals surface area contributed by atoms with E-state index in [0.717, 1.165) is 13.0 Å². The van der Waals surface area contributed by atoms with Gasteiger partial charge in [0.25, 0.3) is 0 Å². The van der Waals surface area contributed by atoms with Crippen molar-refractivity contribution in [1.29, 1.82) is 0 Å². The van der Waals surface area contributed by atoms with Crippen molar-refractivity contribution in [3.8, 4) is 0 Å². The highest BCUT2D eigenvalue weighted by atomic mass is 16.4. The molecule has 0 aromatic rings. The summed E-state index contributed by atoms with van der Waals surface area (Å²) in [7, 11) is 0. The minimum absolute atomic E-state index is 0.320. The quantitative estimate of drug-likeness (QED) is 0.197. The summed E-state index contributed by atoms with van der Waals surface area (Å²) in [6, 6.07) is 0. The predicted molar refractivity (Wildman–Crippen MR) is 52.9 cm³/mol. The Hall–Kier alpha value is -0.770. The lowest BCUT2D eigenvalue weighted by Gasteiger charge is -2.39. The highest BCUT2D eigenvalue weighted by Gasteiger charge is 2.30. The van der Waals surface area contributed by atoms with Gasteiger partial charge in [0.15, 0.2) is 0 Å². The van der Waals surface area contributed by atoms with Gasteiger partial charge in [-0.15, -0.1) is 0 Å². The van der Waals surface area contributed by atoms with E-state index in [2.05, 4.69) is 17.4 Å². The fourth-order valence-electron chi connectivity index (χ4n) is 1.59. The largest absolute Gasteiger partial charge is 0.409 e. The van der Waals surface area contributed by atoms with E-state index in [-0.39, 0.29) is 0 Å². The molecule has 1 fully saturated rings. The topological polar surface area (TPSA) is 70.6 Å². The van der Waals surface area contributed by atoms with Crippen LogP contribution >= 0.6 is 0 Å². The minimum Gasteiger partial charge on any atom is -0.409 e.